The minimum Gasteiger partial charge on any atom is -0.361 e. The lowest BCUT2D eigenvalue weighted by atomic mass is 10.0. The molecule has 0 saturated heterocycles. The molecule has 0 fully saturated rings. The van der Waals surface area contributed by atoms with Crippen molar-refractivity contribution in [3.63, 3.8) is 0 Å². The van der Waals surface area contributed by atoms with Gasteiger partial charge in [-0.25, -0.2) is 0 Å². The topological polar surface area (TPSA) is 27.8 Å². The Labute approximate surface area is 90.7 Å². The molecule has 0 spiro atoms. The van der Waals surface area contributed by atoms with Crippen LogP contribution in [-0.2, 0) is 6.42 Å². The zero-order valence-corrected chi connectivity index (χ0v) is 9.65. The van der Waals surface area contributed by atoms with E-state index in [1.54, 1.807) is 0 Å². The second-order valence-corrected chi connectivity index (χ2v) is 4.17. The first kappa shape index (κ1) is 10.2. The third-order valence-corrected chi connectivity index (χ3v) is 2.86. The maximum absolute atomic E-state index is 3.36. The molecule has 2 rings (SSSR count). The summed E-state index contributed by atoms with van der Waals surface area (Å²) in [5, 5.41) is 4.56. The van der Waals surface area contributed by atoms with E-state index in [1.807, 2.05) is 7.05 Å². The van der Waals surface area contributed by atoms with Gasteiger partial charge < -0.3 is 10.3 Å². The van der Waals surface area contributed by atoms with Gasteiger partial charge in [0.2, 0.25) is 0 Å². The van der Waals surface area contributed by atoms with E-state index in [1.165, 1.54) is 27.6 Å². The van der Waals surface area contributed by atoms with Crippen LogP contribution in [0.3, 0.4) is 0 Å². The van der Waals surface area contributed by atoms with Gasteiger partial charge in [-0.05, 0) is 51.1 Å². The molecule has 2 aromatic rings. The number of H-pyrrole nitrogens is 1. The summed E-state index contributed by atoms with van der Waals surface area (Å²) in [6, 6.07) is 4.49. The Morgan fingerprint density at radius 2 is 2.07 bits per heavy atom. The van der Waals surface area contributed by atoms with Gasteiger partial charge in [-0.1, -0.05) is 11.6 Å². The number of hydrogen-bond donors (Lipinski definition) is 2. The number of likely N-dealkylation sites (N-methyl/N-ethyl adjacent to an activating group) is 1. The van der Waals surface area contributed by atoms with Crippen LogP contribution in [0.25, 0.3) is 10.9 Å². The Hall–Kier alpha value is -1.28. The highest BCUT2D eigenvalue weighted by Gasteiger charge is 2.05. The van der Waals surface area contributed by atoms with Crippen LogP contribution in [0, 0.1) is 13.8 Å². The standard InChI is InChI=1S/C13H18N2/c1-9-6-10(2)13-12(7-9)11(8-15-13)4-5-14-3/h6-8,14-15H,4-5H2,1-3H3. The summed E-state index contributed by atoms with van der Waals surface area (Å²) in [7, 11) is 1.99. The van der Waals surface area contributed by atoms with E-state index in [0.29, 0.717) is 0 Å². The van der Waals surface area contributed by atoms with Crippen LogP contribution in [-0.4, -0.2) is 18.6 Å². The summed E-state index contributed by atoms with van der Waals surface area (Å²) >= 11 is 0. The van der Waals surface area contributed by atoms with Gasteiger partial charge in [-0.2, -0.15) is 0 Å². The number of aryl methyl sites for hydroxylation is 2. The van der Waals surface area contributed by atoms with Gasteiger partial charge in [0.15, 0.2) is 0 Å². The van der Waals surface area contributed by atoms with E-state index < -0.39 is 0 Å². The average Bonchev–Trinajstić information content (AvgIpc) is 2.58. The highest BCUT2D eigenvalue weighted by atomic mass is 14.8. The lowest BCUT2D eigenvalue weighted by Gasteiger charge is -2.02. The number of aromatic amines is 1. The second-order valence-electron chi connectivity index (χ2n) is 4.17. The molecule has 80 valence electrons. The van der Waals surface area contributed by atoms with Gasteiger partial charge >= 0.3 is 0 Å². The van der Waals surface area contributed by atoms with E-state index >= 15 is 0 Å². The van der Waals surface area contributed by atoms with Crippen LogP contribution in [0.5, 0.6) is 0 Å². The minimum absolute atomic E-state index is 1.03. The first-order valence-corrected chi connectivity index (χ1v) is 5.44. The molecule has 2 nitrogen and oxygen atoms in total. The van der Waals surface area contributed by atoms with Gasteiger partial charge in [-0.15, -0.1) is 0 Å². The van der Waals surface area contributed by atoms with Gasteiger partial charge in [0.1, 0.15) is 0 Å². The number of benzene rings is 1. The highest BCUT2D eigenvalue weighted by molar-refractivity contribution is 5.86. The van der Waals surface area contributed by atoms with E-state index in [-0.39, 0.29) is 0 Å². The summed E-state index contributed by atoms with van der Waals surface area (Å²) in [5.74, 6) is 0. The Kier molecular flexibility index (Phi) is 2.78. The first-order chi connectivity index (χ1) is 7.22. The largest absolute Gasteiger partial charge is 0.361 e. The molecule has 0 aliphatic rings. The zero-order valence-electron chi connectivity index (χ0n) is 9.65. The molecule has 0 saturated carbocycles. The van der Waals surface area contributed by atoms with Crippen LogP contribution in [0.4, 0.5) is 0 Å². The van der Waals surface area contributed by atoms with Crippen molar-refractivity contribution in [2.24, 2.45) is 0 Å². The van der Waals surface area contributed by atoms with Gasteiger partial charge in [0, 0.05) is 17.1 Å². The molecule has 0 aliphatic heterocycles. The summed E-state index contributed by atoms with van der Waals surface area (Å²) in [6.45, 7) is 5.34. The lowest BCUT2D eigenvalue weighted by molar-refractivity contribution is 0.795. The van der Waals surface area contributed by atoms with Crippen molar-refractivity contribution in [1.82, 2.24) is 10.3 Å². The molecule has 1 aromatic heterocycles. The Morgan fingerprint density at radius 3 is 2.80 bits per heavy atom. The Balaban J connectivity index is 2.49. The molecule has 2 N–H and O–H groups in total. The molecule has 0 radical (unpaired) electrons. The third kappa shape index (κ3) is 1.90. The normalized spacial score (nSPS) is 11.1. The number of aromatic nitrogens is 1. The molecule has 1 aromatic carbocycles. The fourth-order valence-corrected chi connectivity index (χ4v) is 2.12. The number of hydrogen-bond acceptors (Lipinski definition) is 1. The maximum atomic E-state index is 3.36. The molecule has 0 amide bonds. The van der Waals surface area contributed by atoms with Crippen LogP contribution >= 0.6 is 0 Å². The third-order valence-electron chi connectivity index (χ3n) is 2.86. The predicted octanol–water partition coefficient (Wildman–Crippen LogP) is 2.55. The SMILES string of the molecule is CNCCc1c[nH]c2c(C)cc(C)cc12. The molecule has 0 atom stereocenters. The highest BCUT2D eigenvalue weighted by Crippen LogP contribution is 2.23. The fourth-order valence-electron chi connectivity index (χ4n) is 2.12. The molecule has 15 heavy (non-hydrogen) atoms. The number of nitrogens with one attached hydrogen (secondary N) is 2. The first-order valence-electron chi connectivity index (χ1n) is 5.44. The van der Waals surface area contributed by atoms with Gasteiger partial charge in [0.25, 0.3) is 0 Å². The summed E-state index contributed by atoms with van der Waals surface area (Å²) in [5.41, 5.74) is 5.36. The van der Waals surface area contributed by atoms with E-state index in [9.17, 15) is 0 Å². The van der Waals surface area contributed by atoms with E-state index in [2.05, 4.69) is 42.5 Å². The van der Waals surface area contributed by atoms with Crippen LogP contribution in [0.15, 0.2) is 18.3 Å². The molecule has 0 aliphatic carbocycles. The average molecular weight is 202 g/mol. The summed E-state index contributed by atoms with van der Waals surface area (Å²) in [4.78, 5) is 3.36. The molecule has 0 unspecified atom stereocenters. The van der Waals surface area contributed by atoms with Crippen LogP contribution < -0.4 is 5.32 Å². The van der Waals surface area contributed by atoms with Crippen molar-refractivity contribution in [3.8, 4) is 0 Å². The van der Waals surface area contributed by atoms with Gasteiger partial charge in [-0.3, -0.25) is 0 Å². The number of rotatable bonds is 3. The Morgan fingerprint density at radius 1 is 1.27 bits per heavy atom. The van der Waals surface area contributed by atoms with Crippen molar-refractivity contribution < 1.29 is 0 Å². The molecule has 0 bridgehead atoms. The summed E-state index contributed by atoms with van der Waals surface area (Å²) < 4.78 is 0. The maximum Gasteiger partial charge on any atom is 0.0486 e. The Bertz CT molecular complexity index is 469. The van der Waals surface area contributed by atoms with Crippen LogP contribution in [0.2, 0.25) is 0 Å². The van der Waals surface area contributed by atoms with Crippen molar-refractivity contribution in [1.29, 1.82) is 0 Å². The molecular weight excluding hydrogens is 184 g/mol. The fraction of sp³-hybridized carbons (Fsp3) is 0.385. The molecule has 1 heterocycles. The second kappa shape index (κ2) is 4.07. The quantitative estimate of drug-likeness (QED) is 0.786. The molecular formula is C13H18N2. The monoisotopic (exact) mass is 202 g/mol. The van der Waals surface area contributed by atoms with E-state index in [4.69, 9.17) is 0 Å². The summed E-state index contributed by atoms with van der Waals surface area (Å²) in [6.07, 6.45) is 3.22. The van der Waals surface area contributed by atoms with Crippen molar-refractivity contribution in [3.05, 3.63) is 35.0 Å². The lowest BCUT2D eigenvalue weighted by Crippen LogP contribution is -2.09. The molecule has 2 heteroatoms. The van der Waals surface area contributed by atoms with Gasteiger partial charge in [0.05, 0.1) is 0 Å². The number of fused-ring (bicyclic) bond motifs is 1. The van der Waals surface area contributed by atoms with Crippen molar-refractivity contribution in [2.45, 2.75) is 20.3 Å². The predicted molar refractivity (Wildman–Crippen MR) is 65.4 cm³/mol. The van der Waals surface area contributed by atoms with Crippen molar-refractivity contribution >= 4 is 10.9 Å². The van der Waals surface area contributed by atoms with Crippen LogP contribution in [0.1, 0.15) is 16.7 Å². The smallest absolute Gasteiger partial charge is 0.0486 e. The van der Waals surface area contributed by atoms with E-state index in [0.717, 1.165) is 13.0 Å². The van der Waals surface area contributed by atoms with Crippen molar-refractivity contribution in [2.75, 3.05) is 13.6 Å². The zero-order chi connectivity index (χ0) is 10.8. The minimum atomic E-state index is 1.03.